The van der Waals surface area contributed by atoms with Crippen LogP contribution in [0.4, 0.5) is 0 Å². The Morgan fingerprint density at radius 3 is 2.43 bits per heavy atom. The van der Waals surface area contributed by atoms with Gasteiger partial charge in [-0.15, -0.1) is 0 Å². The van der Waals surface area contributed by atoms with Crippen molar-refractivity contribution < 1.29 is 0 Å². The number of aryl methyl sites for hydroxylation is 3. The van der Waals surface area contributed by atoms with Crippen molar-refractivity contribution in [1.82, 2.24) is 15.1 Å². The molecule has 0 spiro atoms. The molecule has 0 radical (unpaired) electrons. The predicted molar refractivity (Wildman–Crippen MR) is 88.4 cm³/mol. The largest absolute Gasteiger partial charge is 0.314 e. The molecule has 3 heteroatoms. The molecule has 1 unspecified atom stereocenters. The van der Waals surface area contributed by atoms with E-state index in [1.165, 1.54) is 30.4 Å². The van der Waals surface area contributed by atoms with Gasteiger partial charge in [0, 0.05) is 19.3 Å². The molecule has 0 fully saturated rings. The summed E-state index contributed by atoms with van der Waals surface area (Å²) in [6.45, 7) is 3.33. The van der Waals surface area contributed by atoms with Gasteiger partial charge in [-0.05, 0) is 49.8 Å². The summed E-state index contributed by atoms with van der Waals surface area (Å²) in [5.41, 5.74) is 2.77. The van der Waals surface area contributed by atoms with Crippen LogP contribution in [-0.4, -0.2) is 22.4 Å². The molecule has 0 saturated heterocycles. The molecule has 1 heterocycles. The Labute approximate surface area is 128 Å². The summed E-state index contributed by atoms with van der Waals surface area (Å²) in [7, 11) is 1.98. The van der Waals surface area contributed by atoms with E-state index in [0.717, 1.165) is 19.4 Å². The van der Waals surface area contributed by atoms with Gasteiger partial charge in [0.2, 0.25) is 0 Å². The van der Waals surface area contributed by atoms with E-state index < -0.39 is 0 Å². The van der Waals surface area contributed by atoms with Gasteiger partial charge in [-0.3, -0.25) is 4.68 Å². The fourth-order valence-electron chi connectivity index (χ4n) is 2.62. The Balaban J connectivity index is 1.82. The first kappa shape index (κ1) is 15.8. The number of nitrogens with one attached hydrogen (secondary N) is 1. The Bertz CT molecular complexity index is 504. The summed E-state index contributed by atoms with van der Waals surface area (Å²) >= 11 is 0. The van der Waals surface area contributed by atoms with E-state index in [-0.39, 0.29) is 0 Å². The predicted octanol–water partition coefficient (Wildman–Crippen LogP) is 3.35. The van der Waals surface area contributed by atoms with E-state index in [4.69, 9.17) is 0 Å². The van der Waals surface area contributed by atoms with Crippen molar-refractivity contribution in [1.29, 1.82) is 0 Å². The average Bonchev–Trinajstić information content (AvgIpc) is 2.93. The maximum absolute atomic E-state index is 4.25. The first-order valence-electron chi connectivity index (χ1n) is 8.02. The molecule has 0 saturated carbocycles. The van der Waals surface area contributed by atoms with Crippen LogP contribution < -0.4 is 5.32 Å². The molecule has 2 rings (SSSR count). The first-order valence-corrected chi connectivity index (χ1v) is 8.02. The Morgan fingerprint density at radius 1 is 1.10 bits per heavy atom. The van der Waals surface area contributed by atoms with Crippen LogP contribution >= 0.6 is 0 Å². The summed E-state index contributed by atoms with van der Waals surface area (Å²) in [4.78, 5) is 0. The van der Waals surface area contributed by atoms with Gasteiger partial charge < -0.3 is 5.32 Å². The third kappa shape index (κ3) is 5.72. The molecular weight excluding hydrogens is 258 g/mol. The normalized spacial score (nSPS) is 12.5. The van der Waals surface area contributed by atoms with Crippen molar-refractivity contribution in [3.8, 4) is 0 Å². The van der Waals surface area contributed by atoms with Crippen LogP contribution in [0.1, 0.15) is 37.3 Å². The van der Waals surface area contributed by atoms with Crippen molar-refractivity contribution in [3.63, 3.8) is 0 Å². The summed E-state index contributed by atoms with van der Waals surface area (Å²) in [6.07, 6.45) is 9.92. The molecule has 0 amide bonds. The molecule has 0 aliphatic carbocycles. The monoisotopic (exact) mass is 285 g/mol. The fourth-order valence-corrected chi connectivity index (χ4v) is 2.62. The zero-order chi connectivity index (χ0) is 14.9. The molecule has 114 valence electrons. The average molecular weight is 285 g/mol. The summed E-state index contributed by atoms with van der Waals surface area (Å²) in [5.74, 6) is 0. The van der Waals surface area contributed by atoms with Crippen molar-refractivity contribution >= 4 is 0 Å². The van der Waals surface area contributed by atoms with E-state index in [1.807, 2.05) is 17.9 Å². The molecule has 1 aromatic carbocycles. The van der Waals surface area contributed by atoms with Crippen molar-refractivity contribution in [2.75, 3.05) is 6.54 Å². The SMILES string of the molecule is CCCNC(CCc1ccccc1)CCc1cnn(C)c1. The van der Waals surface area contributed by atoms with Gasteiger partial charge in [0.1, 0.15) is 0 Å². The van der Waals surface area contributed by atoms with Gasteiger partial charge in [0.25, 0.3) is 0 Å². The van der Waals surface area contributed by atoms with Crippen LogP contribution in [0.5, 0.6) is 0 Å². The lowest BCUT2D eigenvalue weighted by Gasteiger charge is -2.18. The van der Waals surface area contributed by atoms with Gasteiger partial charge in [0.15, 0.2) is 0 Å². The van der Waals surface area contributed by atoms with Gasteiger partial charge in [-0.1, -0.05) is 37.3 Å². The summed E-state index contributed by atoms with van der Waals surface area (Å²) in [5, 5.41) is 7.94. The maximum atomic E-state index is 4.25. The van der Waals surface area contributed by atoms with Gasteiger partial charge in [-0.25, -0.2) is 0 Å². The standard InChI is InChI=1S/C18H27N3/c1-3-13-19-18(11-9-16-7-5-4-6-8-16)12-10-17-14-20-21(2)15-17/h4-8,14-15,18-19H,3,9-13H2,1-2H3. The number of hydrogen-bond acceptors (Lipinski definition) is 2. The van der Waals surface area contributed by atoms with Gasteiger partial charge in [-0.2, -0.15) is 5.10 Å². The third-order valence-electron chi connectivity index (χ3n) is 3.85. The summed E-state index contributed by atoms with van der Waals surface area (Å²) < 4.78 is 1.88. The number of hydrogen-bond donors (Lipinski definition) is 1. The fraction of sp³-hybridized carbons (Fsp3) is 0.500. The van der Waals surface area contributed by atoms with E-state index in [9.17, 15) is 0 Å². The van der Waals surface area contributed by atoms with Crippen molar-refractivity contribution in [2.24, 2.45) is 7.05 Å². The highest BCUT2D eigenvalue weighted by atomic mass is 15.2. The van der Waals surface area contributed by atoms with Crippen molar-refractivity contribution in [2.45, 2.75) is 45.1 Å². The zero-order valence-electron chi connectivity index (χ0n) is 13.3. The number of benzene rings is 1. The lowest BCUT2D eigenvalue weighted by atomic mass is 10.00. The highest BCUT2D eigenvalue weighted by Crippen LogP contribution is 2.11. The summed E-state index contributed by atoms with van der Waals surface area (Å²) in [6, 6.07) is 11.4. The molecule has 0 aliphatic heterocycles. The zero-order valence-corrected chi connectivity index (χ0v) is 13.3. The quantitative estimate of drug-likeness (QED) is 0.765. The molecular formula is C18H27N3. The first-order chi connectivity index (χ1) is 10.3. The number of rotatable bonds is 9. The Hall–Kier alpha value is -1.61. The topological polar surface area (TPSA) is 29.9 Å². The van der Waals surface area contributed by atoms with Crippen LogP contribution in [0.3, 0.4) is 0 Å². The van der Waals surface area contributed by atoms with Crippen molar-refractivity contribution in [3.05, 3.63) is 53.9 Å². The van der Waals surface area contributed by atoms with Crippen LogP contribution in [0, 0.1) is 0 Å². The second kappa shape index (κ2) is 8.63. The highest BCUT2D eigenvalue weighted by Gasteiger charge is 2.09. The molecule has 1 N–H and O–H groups in total. The smallest absolute Gasteiger partial charge is 0.0521 e. The Kier molecular flexibility index (Phi) is 6.48. The minimum atomic E-state index is 0.588. The lowest BCUT2D eigenvalue weighted by Crippen LogP contribution is -2.30. The maximum Gasteiger partial charge on any atom is 0.0521 e. The van der Waals surface area contributed by atoms with Crippen LogP contribution in [0.15, 0.2) is 42.7 Å². The second-order valence-corrected chi connectivity index (χ2v) is 5.74. The van der Waals surface area contributed by atoms with Crippen LogP contribution in [-0.2, 0) is 19.9 Å². The van der Waals surface area contributed by atoms with Crippen LogP contribution in [0.25, 0.3) is 0 Å². The molecule has 1 aromatic heterocycles. The molecule has 0 bridgehead atoms. The van der Waals surface area contributed by atoms with E-state index in [0.29, 0.717) is 6.04 Å². The molecule has 3 nitrogen and oxygen atoms in total. The second-order valence-electron chi connectivity index (χ2n) is 5.74. The third-order valence-corrected chi connectivity index (χ3v) is 3.85. The number of aromatic nitrogens is 2. The highest BCUT2D eigenvalue weighted by molar-refractivity contribution is 5.14. The molecule has 2 aromatic rings. The molecule has 1 atom stereocenters. The minimum absolute atomic E-state index is 0.588. The van der Waals surface area contributed by atoms with Gasteiger partial charge >= 0.3 is 0 Å². The van der Waals surface area contributed by atoms with Crippen LogP contribution in [0.2, 0.25) is 0 Å². The lowest BCUT2D eigenvalue weighted by molar-refractivity contribution is 0.453. The molecule has 0 aliphatic rings. The molecule has 21 heavy (non-hydrogen) atoms. The van der Waals surface area contributed by atoms with E-state index in [2.05, 4.69) is 53.9 Å². The number of nitrogens with zero attached hydrogens (tertiary/aromatic N) is 2. The van der Waals surface area contributed by atoms with E-state index in [1.54, 1.807) is 0 Å². The van der Waals surface area contributed by atoms with E-state index >= 15 is 0 Å². The van der Waals surface area contributed by atoms with Gasteiger partial charge in [0.05, 0.1) is 6.20 Å². The Morgan fingerprint density at radius 2 is 1.81 bits per heavy atom. The minimum Gasteiger partial charge on any atom is -0.314 e.